The van der Waals surface area contributed by atoms with Gasteiger partial charge in [0.1, 0.15) is 6.10 Å². The topological polar surface area (TPSA) is 38.8 Å². The van der Waals surface area contributed by atoms with Crippen molar-refractivity contribution in [3.8, 4) is 0 Å². The zero-order valence-electron chi connectivity index (χ0n) is 16.2. The van der Waals surface area contributed by atoms with E-state index in [9.17, 15) is 4.79 Å². The number of fused-ring (bicyclic) bond motifs is 5. The number of carbonyl (C=O) groups is 1. The molecule has 25 heavy (non-hydrogen) atoms. The summed E-state index contributed by atoms with van der Waals surface area (Å²) in [6.45, 7) is 7.65. The zero-order chi connectivity index (χ0) is 17.4. The van der Waals surface area contributed by atoms with Gasteiger partial charge >= 0.3 is 5.97 Å². The molecule has 1 heterocycles. The SMILES string of the molecule is CC(=O)O[C@@H]1CC[C@H]2[C@@H]3CC[C@H]4C[C@]5(CC[C@]4(C)[C@H]3CC[C@]12C)CO5. The van der Waals surface area contributed by atoms with E-state index in [1.54, 1.807) is 6.92 Å². The van der Waals surface area contributed by atoms with Crippen LogP contribution < -0.4 is 0 Å². The number of carbonyl (C=O) groups excluding carboxylic acids is 1. The summed E-state index contributed by atoms with van der Waals surface area (Å²) in [5.74, 6) is 3.29. The Morgan fingerprint density at radius 2 is 1.72 bits per heavy atom. The maximum atomic E-state index is 11.6. The molecule has 0 unspecified atom stereocenters. The normalized spacial score (nSPS) is 56.7. The van der Waals surface area contributed by atoms with Crippen LogP contribution in [0.25, 0.3) is 0 Å². The van der Waals surface area contributed by atoms with Crippen molar-refractivity contribution < 1.29 is 14.3 Å². The third-order valence-electron chi connectivity index (χ3n) is 9.58. The lowest BCUT2D eigenvalue weighted by atomic mass is 9.44. The molecule has 0 amide bonds. The summed E-state index contributed by atoms with van der Waals surface area (Å²) in [6.07, 6.45) is 11.9. The molecular formula is C22H34O3. The summed E-state index contributed by atoms with van der Waals surface area (Å²) in [7, 11) is 0. The van der Waals surface area contributed by atoms with Crippen molar-refractivity contribution in [2.24, 2.45) is 34.5 Å². The van der Waals surface area contributed by atoms with E-state index in [0.717, 1.165) is 36.7 Å². The van der Waals surface area contributed by atoms with Gasteiger partial charge < -0.3 is 9.47 Å². The van der Waals surface area contributed by atoms with Crippen LogP contribution >= 0.6 is 0 Å². The van der Waals surface area contributed by atoms with E-state index in [1.165, 1.54) is 51.4 Å². The number of ether oxygens (including phenoxy) is 2. The summed E-state index contributed by atoms with van der Waals surface area (Å²) in [4.78, 5) is 11.6. The summed E-state index contributed by atoms with van der Waals surface area (Å²) < 4.78 is 11.6. The second-order valence-electron chi connectivity index (χ2n) is 10.6. The summed E-state index contributed by atoms with van der Waals surface area (Å²) >= 11 is 0. The van der Waals surface area contributed by atoms with Crippen molar-refractivity contribution in [1.29, 1.82) is 0 Å². The molecular weight excluding hydrogens is 312 g/mol. The Labute approximate surface area is 152 Å². The van der Waals surface area contributed by atoms with E-state index >= 15 is 0 Å². The van der Waals surface area contributed by atoms with Crippen molar-refractivity contribution >= 4 is 5.97 Å². The highest BCUT2D eigenvalue weighted by atomic mass is 16.6. The molecule has 4 saturated carbocycles. The quantitative estimate of drug-likeness (QED) is 0.509. The minimum atomic E-state index is -0.0910. The molecule has 1 aliphatic heterocycles. The lowest BCUT2D eigenvalue weighted by Gasteiger charge is -2.60. The maximum Gasteiger partial charge on any atom is 0.302 e. The minimum absolute atomic E-state index is 0.0910. The van der Waals surface area contributed by atoms with E-state index in [-0.39, 0.29) is 17.5 Å². The van der Waals surface area contributed by atoms with Gasteiger partial charge in [-0.1, -0.05) is 13.8 Å². The first-order valence-corrected chi connectivity index (χ1v) is 10.7. The Morgan fingerprint density at radius 1 is 0.960 bits per heavy atom. The Hall–Kier alpha value is -0.570. The first-order chi connectivity index (χ1) is 11.9. The molecule has 0 bridgehead atoms. The Bertz CT molecular complexity index is 582. The Balaban J connectivity index is 1.39. The Morgan fingerprint density at radius 3 is 2.44 bits per heavy atom. The number of epoxide rings is 1. The Kier molecular flexibility index (Phi) is 3.48. The highest BCUT2D eigenvalue weighted by molar-refractivity contribution is 5.66. The van der Waals surface area contributed by atoms with Gasteiger partial charge in [0.05, 0.1) is 12.2 Å². The van der Waals surface area contributed by atoms with Crippen LogP contribution in [0.3, 0.4) is 0 Å². The molecule has 1 spiro atoms. The van der Waals surface area contributed by atoms with E-state index < -0.39 is 0 Å². The molecule has 4 aliphatic carbocycles. The molecule has 8 atom stereocenters. The van der Waals surface area contributed by atoms with Crippen LogP contribution in [0.15, 0.2) is 0 Å². The summed E-state index contributed by atoms with van der Waals surface area (Å²) in [6, 6.07) is 0. The summed E-state index contributed by atoms with van der Waals surface area (Å²) in [5, 5.41) is 0. The van der Waals surface area contributed by atoms with Gasteiger partial charge in [0.2, 0.25) is 0 Å². The molecule has 0 aromatic heterocycles. The van der Waals surface area contributed by atoms with E-state index in [1.807, 2.05) is 0 Å². The molecule has 5 fully saturated rings. The van der Waals surface area contributed by atoms with Crippen LogP contribution in [-0.2, 0) is 14.3 Å². The predicted octanol–water partition coefficient (Wildman–Crippen LogP) is 4.73. The van der Waals surface area contributed by atoms with Crippen LogP contribution in [0, 0.1) is 34.5 Å². The fourth-order valence-electron chi connectivity index (χ4n) is 8.02. The van der Waals surface area contributed by atoms with Crippen LogP contribution in [0.4, 0.5) is 0 Å². The second kappa shape index (κ2) is 5.24. The van der Waals surface area contributed by atoms with Gasteiger partial charge in [-0.05, 0) is 86.9 Å². The number of hydrogen-bond acceptors (Lipinski definition) is 3. The molecule has 0 aromatic rings. The zero-order valence-corrected chi connectivity index (χ0v) is 16.2. The van der Waals surface area contributed by atoms with Crippen LogP contribution in [0.5, 0.6) is 0 Å². The molecule has 0 radical (unpaired) electrons. The van der Waals surface area contributed by atoms with E-state index in [2.05, 4.69) is 13.8 Å². The van der Waals surface area contributed by atoms with Gasteiger partial charge in [-0.25, -0.2) is 0 Å². The smallest absolute Gasteiger partial charge is 0.302 e. The lowest BCUT2D eigenvalue weighted by Crippen LogP contribution is -2.55. The predicted molar refractivity (Wildman–Crippen MR) is 96.0 cm³/mol. The van der Waals surface area contributed by atoms with Crippen LogP contribution in [-0.4, -0.2) is 24.3 Å². The highest BCUT2D eigenvalue weighted by Gasteiger charge is 2.63. The largest absolute Gasteiger partial charge is 0.462 e. The number of hydrogen-bond donors (Lipinski definition) is 0. The molecule has 5 rings (SSSR count). The fraction of sp³-hybridized carbons (Fsp3) is 0.955. The van der Waals surface area contributed by atoms with Crippen molar-refractivity contribution in [3.05, 3.63) is 0 Å². The van der Waals surface area contributed by atoms with Crippen LogP contribution in [0.2, 0.25) is 0 Å². The highest BCUT2D eigenvalue weighted by Crippen LogP contribution is 2.68. The molecule has 3 heteroatoms. The van der Waals surface area contributed by atoms with E-state index in [4.69, 9.17) is 9.47 Å². The number of rotatable bonds is 1. The minimum Gasteiger partial charge on any atom is -0.462 e. The first kappa shape index (κ1) is 16.6. The molecule has 5 aliphatic rings. The van der Waals surface area contributed by atoms with Gasteiger partial charge in [-0.3, -0.25) is 4.79 Å². The van der Waals surface area contributed by atoms with Gasteiger partial charge in [0.15, 0.2) is 0 Å². The van der Waals surface area contributed by atoms with Gasteiger partial charge in [-0.15, -0.1) is 0 Å². The average Bonchev–Trinajstić information content (AvgIpc) is 3.24. The van der Waals surface area contributed by atoms with Gasteiger partial charge in [-0.2, -0.15) is 0 Å². The molecule has 1 saturated heterocycles. The van der Waals surface area contributed by atoms with Crippen molar-refractivity contribution in [2.75, 3.05) is 6.61 Å². The fourth-order valence-corrected chi connectivity index (χ4v) is 8.02. The monoisotopic (exact) mass is 346 g/mol. The maximum absolute atomic E-state index is 11.6. The third kappa shape index (κ3) is 2.30. The molecule has 3 nitrogen and oxygen atoms in total. The van der Waals surface area contributed by atoms with Crippen molar-refractivity contribution in [3.63, 3.8) is 0 Å². The van der Waals surface area contributed by atoms with Gasteiger partial charge in [0, 0.05) is 12.3 Å². The van der Waals surface area contributed by atoms with Crippen molar-refractivity contribution in [1.82, 2.24) is 0 Å². The van der Waals surface area contributed by atoms with Crippen molar-refractivity contribution in [2.45, 2.75) is 90.3 Å². The third-order valence-corrected chi connectivity index (χ3v) is 9.58. The molecule has 0 N–H and O–H groups in total. The standard InChI is InChI=1S/C22H34O3/c1-14(23)25-19-7-6-17-16-5-4-15-12-22(13-24-22)11-10-20(15,2)18(16)8-9-21(17,19)3/h15-19H,4-13H2,1-3H3/t15-,16-,17-,18-,19+,20-,21-,22+/m0/s1. The first-order valence-electron chi connectivity index (χ1n) is 10.7. The summed E-state index contributed by atoms with van der Waals surface area (Å²) in [5.41, 5.74) is 1.06. The molecule has 140 valence electrons. The van der Waals surface area contributed by atoms with Gasteiger partial charge in [0.25, 0.3) is 0 Å². The van der Waals surface area contributed by atoms with E-state index in [0.29, 0.717) is 11.0 Å². The number of esters is 1. The van der Waals surface area contributed by atoms with Crippen LogP contribution in [0.1, 0.15) is 78.6 Å². The molecule has 0 aromatic carbocycles. The average molecular weight is 347 g/mol. The lowest BCUT2D eigenvalue weighted by molar-refractivity contribution is -0.162. The second-order valence-corrected chi connectivity index (χ2v) is 10.6.